The van der Waals surface area contributed by atoms with Crippen molar-refractivity contribution in [1.29, 1.82) is 0 Å². The molecular formula is C17H27N5. The minimum Gasteiger partial charge on any atom is -0.355 e. The van der Waals surface area contributed by atoms with Gasteiger partial charge in [-0.3, -0.25) is 9.80 Å². The number of fused-ring (bicyclic) bond motifs is 3. The third-order valence-electron chi connectivity index (χ3n) is 4.57. The Morgan fingerprint density at radius 2 is 1.91 bits per heavy atom. The van der Waals surface area contributed by atoms with Gasteiger partial charge in [0, 0.05) is 59.4 Å². The second-order valence-electron chi connectivity index (χ2n) is 6.39. The fourth-order valence-corrected chi connectivity index (χ4v) is 3.23. The van der Waals surface area contributed by atoms with E-state index >= 15 is 0 Å². The van der Waals surface area contributed by atoms with E-state index in [1.165, 1.54) is 38.3 Å². The van der Waals surface area contributed by atoms with E-state index in [-0.39, 0.29) is 0 Å². The average molecular weight is 301 g/mol. The predicted octanol–water partition coefficient (Wildman–Crippen LogP) is 0.694. The lowest BCUT2D eigenvalue weighted by Crippen LogP contribution is -2.63. The zero-order chi connectivity index (χ0) is 15.4. The van der Waals surface area contributed by atoms with Crippen LogP contribution in [0.5, 0.6) is 0 Å². The molecule has 3 aliphatic rings. The van der Waals surface area contributed by atoms with Crippen LogP contribution in [0.2, 0.25) is 0 Å². The third-order valence-corrected chi connectivity index (χ3v) is 4.57. The van der Waals surface area contributed by atoms with Crippen LogP contribution in [0.15, 0.2) is 35.3 Å². The molecule has 1 aromatic rings. The summed E-state index contributed by atoms with van der Waals surface area (Å²) in [6.45, 7) is 7.78. The maximum atomic E-state index is 4.74. The molecule has 5 nitrogen and oxygen atoms in total. The van der Waals surface area contributed by atoms with Crippen LogP contribution in [0.3, 0.4) is 0 Å². The molecule has 0 aliphatic carbocycles. The average Bonchev–Trinajstić information content (AvgIpc) is 2.56. The largest absolute Gasteiger partial charge is 0.355 e. The fourth-order valence-electron chi connectivity index (χ4n) is 3.23. The quantitative estimate of drug-likeness (QED) is 0.655. The van der Waals surface area contributed by atoms with E-state index in [0.29, 0.717) is 6.04 Å². The van der Waals surface area contributed by atoms with E-state index in [1.807, 2.05) is 20.2 Å². The lowest BCUT2D eigenvalue weighted by atomic mass is 10.1. The molecule has 3 saturated heterocycles. The van der Waals surface area contributed by atoms with Crippen molar-refractivity contribution in [2.24, 2.45) is 4.99 Å². The van der Waals surface area contributed by atoms with Crippen molar-refractivity contribution in [3.05, 3.63) is 35.9 Å². The molecule has 0 aromatic heterocycles. The van der Waals surface area contributed by atoms with Gasteiger partial charge in [0.1, 0.15) is 0 Å². The highest BCUT2D eigenvalue weighted by Gasteiger charge is 2.31. The molecule has 0 saturated carbocycles. The van der Waals surface area contributed by atoms with Crippen LogP contribution in [-0.4, -0.2) is 80.1 Å². The first-order chi connectivity index (χ1) is 10.7. The second kappa shape index (κ2) is 7.11. The van der Waals surface area contributed by atoms with Crippen molar-refractivity contribution in [2.75, 3.05) is 53.4 Å². The van der Waals surface area contributed by atoms with E-state index in [2.05, 4.69) is 44.3 Å². The molecule has 22 heavy (non-hydrogen) atoms. The van der Waals surface area contributed by atoms with Crippen LogP contribution in [-0.2, 0) is 6.54 Å². The fraction of sp³-hybridized carbons (Fsp3) is 0.588. The third kappa shape index (κ3) is 3.78. The number of hydrogen-bond acceptors (Lipinski definition) is 3. The molecule has 5 heteroatoms. The van der Waals surface area contributed by atoms with E-state index in [1.54, 1.807) is 0 Å². The number of guanidine groups is 1. The maximum absolute atomic E-state index is 4.74. The standard InChI is InChI=1S/C17H27N5/c1-20(2)17(18-12-15-6-4-3-5-7-15)19-13-16-14-21-8-10-22(16)11-9-21/h3-7,16H,8-14H2,1-2H3,(H,18,19). The smallest absolute Gasteiger partial charge is 0.193 e. The molecule has 1 unspecified atom stereocenters. The maximum Gasteiger partial charge on any atom is 0.193 e. The predicted molar refractivity (Wildman–Crippen MR) is 91.1 cm³/mol. The molecule has 0 radical (unpaired) electrons. The zero-order valence-electron chi connectivity index (χ0n) is 13.7. The van der Waals surface area contributed by atoms with Crippen molar-refractivity contribution in [1.82, 2.24) is 20.0 Å². The molecule has 120 valence electrons. The van der Waals surface area contributed by atoms with Gasteiger partial charge in [0.25, 0.3) is 0 Å². The SMILES string of the molecule is CN(C)C(=NCc1ccccc1)NCC1CN2CCN1CC2. The van der Waals surface area contributed by atoms with Gasteiger partial charge in [-0.1, -0.05) is 30.3 Å². The van der Waals surface area contributed by atoms with Gasteiger partial charge in [-0.25, -0.2) is 4.99 Å². The molecular weight excluding hydrogens is 274 g/mol. The molecule has 4 rings (SSSR count). The highest BCUT2D eigenvalue weighted by molar-refractivity contribution is 5.79. The molecule has 1 aromatic carbocycles. The summed E-state index contributed by atoms with van der Waals surface area (Å²) in [5.41, 5.74) is 1.25. The Bertz CT molecular complexity index is 491. The van der Waals surface area contributed by atoms with Crippen molar-refractivity contribution in [2.45, 2.75) is 12.6 Å². The van der Waals surface area contributed by atoms with Crippen LogP contribution in [0.1, 0.15) is 5.56 Å². The van der Waals surface area contributed by atoms with Gasteiger partial charge in [0.05, 0.1) is 6.54 Å². The number of aliphatic imine (C=N–C) groups is 1. The van der Waals surface area contributed by atoms with Crippen molar-refractivity contribution in [3.63, 3.8) is 0 Å². The Labute approximate surface area is 133 Å². The van der Waals surface area contributed by atoms with Crippen molar-refractivity contribution >= 4 is 5.96 Å². The first-order valence-electron chi connectivity index (χ1n) is 8.18. The van der Waals surface area contributed by atoms with E-state index in [0.717, 1.165) is 19.0 Å². The summed E-state index contributed by atoms with van der Waals surface area (Å²) in [7, 11) is 4.10. The number of benzene rings is 1. The van der Waals surface area contributed by atoms with Crippen LogP contribution in [0, 0.1) is 0 Å². The monoisotopic (exact) mass is 301 g/mol. The minimum absolute atomic E-state index is 0.615. The zero-order valence-corrected chi connectivity index (χ0v) is 13.7. The Morgan fingerprint density at radius 1 is 1.18 bits per heavy atom. The normalized spacial score (nSPS) is 27.7. The summed E-state index contributed by atoms with van der Waals surface area (Å²) >= 11 is 0. The topological polar surface area (TPSA) is 34.1 Å². The number of nitrogens with one attached hydrogen (secondary N) is 1. The Kier molecular flexibility index (Phi) is 4.95. The van der Waals surface area contributed by atoms with Crippen LogP contribution in [0.25, 0.3) is 0 Å². The highest BCUT2D eigenvalue weighted by atomic mass is 15.4. The van der Waals surface area contributed by atoms with Gasteiger partial charge >= 0.3 is 0 Å². The van der Waals surface area contributed by atoms with E-state index in [9.17, 15) is 0 Å². The van der Waals surface area contributed by atoms with Gasteiger partial charge in [0.15, 0.2) is 5.96 Å². The van der Waals surface area contributed by atoms with Gasteiger partial charge in [-0.2, -0.15) is 0 Å². The minimum atomic E-state index is 0.615. The Morgan fingerprint density at radius 3 is 2.50 bits per heavy atom. The lowest BCUT2D eigenvalue weighted by molar-refractivity contribution is 0.0153. The number of rotatable bonds is 4. The first kappa shape index (κ1) is 15.3. The van der Waals surface area contributed by atoms with E-state index in [4.69, 9.17) is 4.99 Å². The van der Waals surface area contributed by atoms with Crippen molar-refractivity contribution in [3.8, 4) is 0 Å². The number of hydrogen-bond donors (Lipinski definition) is 1. The number of piperazine rings is 3. The molecule has 0 amide bonds. The molecule has 1 N–H and O–H groups in total. The summed E-state index contributed by atoms with van der Waals surface area (Å²) < 4.78 is 0. The lowest BCUT2D eigenvalue weighted by Gasteiger charge is -2.47. The molecule has 0 spiro atoms. The van der Waals surface area contributed by atoms with Crippen LogP contribution >= 0.6 is 0 Å². The molecule has 3 aliphatic heterocycles. The summed E-state index contributed by atoms with van der Waals surface area (Å²) in [6, 6.07) is 11.0. The van der Waals surface area contributed by atoms with Crippen LogP contribution in [0.4, 0.5) is 0 Å². The van der Waals surface area contributed by atoms with Crippen molar-refractivity contribution < 1.29 is 0 Å². The van der Waals surface area contributed by atoms with Gasteiger partial charge in [-0.15, -0.1) is 0 Å². The van der Waals surface area contributed by atoms with Gasteiger partial charge in [0.2, 0.25) is 0 Å². The Balaban J connectivity index is 1.55. The molecule has 2 bridgehead atoms. The van der Waals surface area contributed by atoms with E-state index < -0.39 is 0 Å². The summed E-state index contributed by atoms with van der Waals surface area (Å²) in [6.07, 6.45) is 0. The van der Waals surface area contributed by atoms with Gasteiger partial charge < -0.3 is 10.2 Å². The number of nitrogens with zero attached hydrogens (tertiary/aromatic N) is 4. The molecule has 3 heterocycles. The molecule has 3 fully saturated rings. The summed E-state index contributed by atoms with van der Waals surface area (Å²) in [4.78, 5) is 12.0. The van der Waals surface area contributed by atoms with Crippen LogP contribution < -0.4 is 5.32 Å². The Hall–Kier alpha value is -1.59. The summed E-state index contributed by atoms with van der Waals surface area (Å²) in [5, 5.41) is 3.55. The summed E-state index contributed by atoms with van der Waals surface area (Å²) in [5.74, 6) is 0.974. The highest BCUT2D eigenvalue weighted by Crippen LogP contribution is 2.14. The van der Waals surface area contributed by atoms with Gasteiger partial charge in [-0.05, 0) is 5.56 Å². The molecule has 1 atom stereocenters. The second-order valence-corrected chi connectivity index (χ2v) is 6.39. The first-order valence-corrected chi connectivity index (χ1v) is 8.18.